The molecule has 0 amide bonds. The van der Waals surface area contributed by atoms with Gasteiger partial charge >= 0.3 is 0 Å². The molecule has 2 rings (SSSR count). The first-order chi connectivity index (χ1) is 9.03. The fraction of sp³-hybridized carbons (Fsp3) is 0.692. The predicted molar refractivity (Wildman–Crippen MR) is 75.3 cm³/mol. The van der Waals surface area contributed by atoms with Crippen molar-refractivity contribution in [2.45, 2.75) is 37.6 Å². The van der Waals surface area contributed by atoms with Crippen molar-refractivity contribution in [3.63, 3.8) is 0 Å². The lowest BCUT2D eigenvalue weighted by atomic mass is 9.86. The number of aryl methyl sites for hydroxylation is 1. The van der Waals surface area contributed by atoms with Gasteiger partial charge in [0.1, 0.15) is 0 Å². The topological polar surface area (TPSA) is 63.1 Å². The Hall–Kier alpha value is -0.850. The van der Waals surface area contributed by atoms with Crippen LogP contribution in [0.15, 0.2) is 17.2 Å². The van der Waals surface area contributed by atoms with Crippen LogP contribution in [0.4, 0.5) is 0 Å². The molecule has 1 heterocycles. The average molecular weight is 285 g/mol. The Bertz CT molecular complexity index is 518. The Morgan fingerprint density at radius 1 is 1.42 bits per heavy atom. The van der Waals surface area contributed by atoms with Crippen LogP contribution in [0.3, 0.4) is 0 Å². The minimum absolute atomic E-state index is 0.363. The van der Waals surface area contributed by atoms with E-state index < -0.39 is 10.0 Å². The van der Waals surface area contributed by atoms with Crippen molar-refractivity contribution in [3.8, 4) is 0 Å². The summed E-state index contributed by atoms with van der Waals surface area (Å²) in [6.45, 7) is 4.15. The predicted octanol–water partition coefficient (Wildman–Crippen LogP) is 1.21. The average Bonchev–Trinajstić information content (AvgIpc) is 2.66. The van der Waals surface area contributed by atoms with Crippen LogP contribution >= 0.6 is 0 Å². The van der Waals surface area contributed by atoms with E-state index in [0.717, 1.165) is 25.1 Å². The fourth-order valence-corrected chi connectivity index (χ4v) is 3.37. The molecule has 2 N–H and O–H groups in total. The second-order valence-corrected chi connectivity index (χ2v) is 6.97. The molecule has 0 aromatic carbocycles. The molecule has 1 aromatic heterocycles. The van der Waals surface area contributed by atoms with Crippen LogP contribution in [-0.4, -0.2) is 26.1 Å². The quantitative estimate of drug-likeness (QED) is 0.791. The molecule has 1 saturated carbocycles. The Morgan fingerprint density at radius 3 is 2.74 bits per heavy atom. The maximum absolute atomic E-state index is 12.2. The van der Waals surface area contributed by atoms with Crippen LogP contribution in [0.5, 0.6) is 0 Å². The Balaban J connectivity index is 2.02. The summed E-state index contributed by atoms with van der Waals surface area (Å²) in [5.74, 6) is 0.528. The summed E-state index contributed by atoms with van der Waals surface area (Å²) in [6.07, 6.45) is 5.19. The third-order valence-corrected chi connectivity index (χ3v) is 5.13. The Labute approximate surface area is 115 Å². The molecule has 0 aliphatic heterocycles. The van der Waals surface area contributed by atoms with Gasteiger partial charge in [0.05, 0.1) is 4.90 Å². The highest BCUT2D eigenvalue weighted by molar-refractivity contribution is 7.89. The summed E-state index contributed by atoms with van der Waals surface area (Å²) < 4.78 is 28.9. The number of nitrogens with one attached hydrogen (secondary N) is 2. The Kier molecular flexibility index (Phi) is 4.65. The number of hydrogen-bond donors (Lipinski definition) is 2. The summed E-state index contributed by atoms with van der Waals surface area (Å²) in [6, 6.07) is 1.74. The summed E-state index contributed by atoms with van der Waals surface area (Å²) in [4.78, 5) is 0.363. The van der Waals surface area contributed by atoms with E-state index in [4.69, 9.17) is 0 Å². The molecule has 108 valence electrons. The van der Waals surface area contributed by atoms with Crippen molar-refractivity contribution in [1.82, 2.24) is 14.6 Å². The summed E-state index contributed by atoms with van der Waals surface area (Å²) in [7, 11) is -1.48. The molecule has 1 aromatic rings. The maximum atomic E-state index is 12.2. The molecule has 1 fully saturated rings. The van der Waals surface area contributed by atoms with Gasteiger partial charge in [-0.3, -0.25) is 0 Å². The SMILES string of the molecule is CCNCc1cc(S(=O)(=O)NCC2CCC2)cn1C. The van der Waals surface area contributed by atoms with E-state index in [1.165, 1.54) is 6.42 Å². The zero-order valence-electron chi connectivity index (χ0n) is 11.6. The maximum Gasteiger partial charge on any atom is 0.242 e. The lowest BCUT2D eigenvalue weighted by Gasteiger charge is -2.25. The molecule has 1 aliphatic rings. The van der Waals surface area contributed by atoms with E-state index in [1.807, 2.05) is 18.5 Å². The minimum Gasteiger partial charge on any atom is -0.352 e. The van der Waals surface area contributed by atoms with E-state index in [-0.39, 0.29) is 0 Å². The molecule has 0 saturated heterocycles. The highest BCUT2D eigenvalue weighted by atomic mass is 32.2. The molecule has 0 radical (unpaired) electrons. The third kappa shape index (κ3) is 3.58. The molecular formula is C13H23N3O2S. The third-order valence-electron chi connectivity index (χ3n) is 3.74. The van der Waals surface area contributed by atoms with Crippen molar-refractivity contribution in [3.05, 3.63) is 18.0 Å². The number of aromatic nitrogens is 1. The zero-order valence-corrected chi connectivity index (χ0v) is 12.5. The van der Waals surface area contributed by atoms with Gasteiger partial charge in [-0.05, 0) is 31.4 Å². The van der Waals surface area contributed by atoms with Crippen LogP contribution in [0.2, 0.25) is 0 Å². The summed E-state index contributed by atoms with van der Waals surface area (Å²) in [5, 5.41) is 3.20. The van der Waals surface area contributed by atoms with Crippen LogP contribution in [-0.2, 0) is 23.6 Å². The van der Waals surface area contributed by atoms with E-state index in [2.05, 4.69) is 10.0 Å². The summed E-state index contributed by atoms with van der Waals surface area (Å²) in [5.41, 5.74) is 0.978. The normalized spacial score (nSPS) is 16.5. The van der Waals surface area contributed by atoms with Crippen LogP contribution < -0.4 is 10.0 Å². The molecule has 0 atom stereocenters. The van der Waals surface area contributed by atoms with Crippen molar-refractivity contribution in [2.75, 3.05) is 13.1 Å². The number of sulfonamides is 1. The van der Waals surface area contributed by atoms with Gasteiger partial charge in [0.25, 0.3) is 0 Å². The van der Waals surface area contributed by atoms with E-state index in [9.17, 15) is 8.42 Å². The molecule has 5 nitrogen and oxygen atoms in total. The van der Waals surface area contributed by atoms with Crippen LogP contribution in [0, 0.1) is 5.92 Å². The van der Waals surface area contributed by atoms with Crippen molar-refractivity contribution in [2.24, 2.45) is 13.0 Å². The van der Waals surface area contributed by atoms with Gasteiger partial charge in [-0.15, -0.1) is 0 Å². The molecule has 0 unspecified atom stereocenters. The first kappa shape index (κ1) is 14.6. The minimum atomic E-state index is -3.36. The zero-order chi connectivity index (χ0) is 13.9. The van der Waals surface area contributed by atoms with Crippen molar-refractivity contribution < 1.29 is 8.42 Å². The van der Waals surface area contributed by atoms with E-state index in [1.54, 1.807) is 12.3 Å². The summed E-state index contributed by atoms with van der Waals surface area (Å²) >= 11 is 0. The highest BCUT2D eigenvalue weighted by Crippen LogP contribution is 2.25. The second kappa shape index (κ2) is 6.07. The van der Waals surface area contributed by atoms with Gasteiger partial charge in [0.15, 0.2) is 0 Å². The van der Waals surface area contributed by atoms with Gasteiger partial charge in [0, 0.05) is 32.0 Å². The van der Waals surface area contributed by atoms with Crippen LogP contribution in [0.25, 0.3) is 0 Å². The fourth-order valence-electron chi connectivity index (χ4n) is 2.16. The molecule has 19 heavy (non-hydrogen) atoms. The first-order valence-corrected chi connectivity index (χ1v) is 8.37. The Morgan fingerprint density at radius 2 is 2.16 bits per heavy atom. The number of nitrogens with zero attached hydrogens (tertiary/aromatic N) is 1. The van der Waals surface area contributed by atoms with E-state index in [0.29, 0.717) is 23.9 Å². The lowest BCUT2D eigenvalue weighted by Crippen LogP contribution is -2.32. The van der Waals surface area contributed by atoms with Gasteiger partial charge in [-0.25, -0.2) is 13.1 Å². The molecule has 6 heteroatoms. The van der Waals surface area contributed by atoms with Gasteiger partial charge < -0.3 is 9.88 Å². The molecular weight excluding hydrogens is 262 g/mol. The second-order valence-electron chi connectivity index (χ2n) is 5.21. The van der Waals surface area contributed by atoms with Gasteiger partial charge in [-0.1, -0.05) is 13.3 Å². The van der Waals surface area contributed by atoms with E-state index >= 15 is 0 Å². The largest absolute Gasteiger partial charge is 0.352 e. The monoisotopic (exact) mass is 285 g/mol. The van der Waals surface area contributed by atoms with Crippen molar-refractivity contribution in [1.29, 1.82) is 0 Å². The first-order valence-electron chi connectivity index (χ1n) is 6.88. The highest BCUT2D eigenvalue weighted by Gasteiger charge is 2.22. The number of hydrogen-bond acceptors (Lipinski definition) is 3. The lowest BCUT2D eigenvalue weighted by molar-refractivity contribution is 0.316. The standard InChI is InChI=1S/C13H23N3O2S/c1-3-14-9-12-7-13(10-16(12)2)19(17,18)15-8-11-5-4-6-11/h7,10-11,14-15H,3-6,8-9H2,1-2H3. The van der Waals surface area contributed by atoms with Crippen molar-refractivity contribution >= 4 is 10.0 Å². The van der Waals surface area contributed by atoms with Gasteiger partial charge in [-0.2, -0.15) is 0 Å². The smallest absolute Gasteiger partial charge is 0.242 e. The van der Waals surface area contributed by atoms with Gasteiger partial charge in [0.2, 0.25) is 10.0 Å². The van der Waals surface area contributed by atoms with Crippen LogP contribution in [0.1, 0.15) is 31.9 Å². The molecule has 0 spiro atoms. The number of rotatable bonds is 7. The molecule has 1 aliphatic carbocycles. The molecule has 0 bridgehead atoms.